The Morgan fingerprint density at radius 3 is 2.65 bits per heavy atom. The lowest BCUT2D eigenvalue weighted by Gasteiger charge is -2.12. The fraction of sp³-hybridized carbons (Fsp3) is 0.148. The predicted octanol–water partition coefficient (Wildman–Crippen LogP) is 7.00. The lowest BCUT2D eigenvalue weighted by Crippen LogP contribution is -1.98. The standard InChI is InChI=1S/C27H21Cl2NO4/c1-15-24(33-14-16-4-7-21(28)22(29)10-16)9-6-19-26(31)25(34-27(15)19)11-17-13-30(2)23-8-5-18(32-3)12-20(17)23/h4-13H,14H2,1-3H3/b25-11-. The van der Waals surface area contributed by atoms with E-state index in [1.54, 1.807) is 37.5 Å². The summed E-state index contributed by atoms with van der Waals surface area (Å²) >= 11 is 12.1. The Kier molecular flexibility index (Phi) is 5.76. The summed E-state index contributed by atoms with van der Waals surface area (Å²) < 4.78 is 19.4. The SMILES string of the molecule is COc1ccc2c(c1)c(/C=C1\Oc3c(ccc(OCc4ccc(Cl)c(Cl)c4)c3C)C1=O)cn2C. The van der Waals surface area contributed by atoms with Gasteiger partial charge in [-0.2, -0.15) is 0 Å². The van der Waals surface area contributed by atoms with Crippen LogP contribution in [-0.2, 0) is 13.7 Å². The molecule has 2 heterocycles. The number of rotatable bonds is 5. The molecule has 0 unspecified atom stereocenters. The van der Waals surface area contributed by atoms with Crippen LogP contribution >= 0.6 is 23.2 Å². The van der Waals surface area contributed by atoms with E-state index >= 15 is 0 Å². The monoisotopic (exact) mass is 493 g/mol. The van der Waals surface area contributed by atoms with Gasteiger partial charge in [0.15, 0.2) is 5.76 Å². The summed E-state index contributed by atoms with van der Waals surface area (Å²) in [5.41, 5.74) is 4.07. The molecule has 5 nitrogen and oxygen atoms in total. The van der Waals surface area contributed by atoms with E-state index in [-0.39, 0.29) is 11.5 Å². The zero-order valence-electron chi connectivity index (χ0n) is 18.8. The van der Waals surface area contributed by atoms with Crippen molar-refractivity contribution in [3.8, 4) is 17.2 Å². The van der Waals surface area contributed by atoms with Crippen LogP contribution in [0.2, 0.25) is 10.0 Å². The lowest BCUT2D eigenvalue weighted by molar-refractivity contribution is 0.101. The van der Waals surface area contributed by atoms with Gasteiger partial charge in [-0.15, -0.1) is 0 Å². The number of ketones is 1. The van der Waals surface area contributed by atoms with Crippen molar-refractivity contribution in [3.63, 3.8) is 0 Å². The molecule has 1 aliphatic rings. The predicted molar refractivity (Wildman–Crippen MR) is 134 cm³/mol. The summed E-state index contributed by atoms with van der Waals surface area (Å²) in [6, 6.07) is 14.7. The Morgan fingerprint density at radius 1 is 1.06 bits per heavy atom. The molecule has 4 aromatic rings. The first-order chi connectivity index (χ1) is 16.4. The number of hydrogen-bond donors (Lipinski definition) is 0. The van der Waals surface area contributed by atoms with Gasteiger partial charge in [0.2, 0.25) is 5.78 Å². The first-order valence-electron chi connectivity index (χ1n) is 10.6. The number of nitrogens with zero attached hydrogens (tertiary/aromatic N) is 1. The summed E-state index contributed by atoms with van der Waals surface area (Å²) in [7, 11) is 3.59. The number of carbonyl (C=O) groups is 1. The molecular formula is C27H21Cl2NO4. The fourth-order valence-corrected chi connectivity index (χ4v) is 4.42. The third kappa shape index (κ3) is 3.91. The van der Waals surface area contributed by atoms with Gasteiger partial charge in [0.25, 0.3) is 0 Å². The normalized spacial score (nSPS) is 13.9. The van der Waals surface area contributed by atoms with Crippen LogP contribution in [0.3, 0.4) is 0 Å². The highest BCUT2D eigenvalue weighted by atomic mass is 35.5. The first-order valence-corrected chi connectivity index (χ1v) is 11.4. The van der Waals surface area contributed by atoms with Crippen molar-refractivity contribution in [3.05, 3.63) is 92.8 Å². The highest BCUT2D eigenvalue weighted by Crippen LogP contribution is 2.40. The second-order valence-electron chi connectivity index (χ2n) is 8.12. The molecule has 7 heteroatoms. The summed E-state index contributed by atoms with van der Waals surface area (Å²) in [6.45, 7) is 2.19. The van der Waals surface area contributed by atoms with E-state index in [9.17, 15) is 4.79 Å². The summed E-state index contributed by atoms with van der Waals surface area (Å²) in [5.74, 6) is 2.01. The molecule has 0 saturated carbocycles. The number of carbonyl (C=O) groups excluding carboxylic acids is 1. The maximum atomic E-state index is 13.1. The maximum absolute atomic E-state index is 13.1. The van der Waals surface area contributed by atoms with Crippen LogP contribution in [0.25, 0.3) is 17.0 Å². The molecule has 0 radical (unpaired) electrons. The van der Waals surface area contributed by atoms with Crippen LogP contribution < -0.4 is 14.2 Å². The zero-order valence-corrected chi connectivity index (χ0v) is 20.3. The molecule has 0 atom stereocenters. The molecule has 0 amide bonds. The van der Waals surface area contributed by atoms with Crippen LogP contribution in [0.15, 0.2) is 60.5 Å². The Hall–Kier alpha value is -3.41. The molecule has 1 aromatic heterocycles. The van der Waals surface area contributed by atoms with E-state index in [1.807, 2.05) is 49.0 Å². The summed E-state index contributed by atoms with van der Waals surface area (Å²) in [4.78, 5) is 13.1. The molecule has 3 aromatic carbocycles. The van der Waals surface area contributed by atoms with E-state index in [0.717, 1.165) is 33.3 Å². The highest BCUT2D eigenvalue weighted by molar-refractivity contribution is 6.42. The van der Waals surface area contributed by atoms with Crippen LogP contribution in [0, 0.1) is 6.92 Å². The van der Waals surface area contributed by atoms with Crippen LogP contribution in [0.1, 0.15) is 27.0 Å². The number of benzene rings is 3. The van der Waals surface area contributed by atoms with Crippen molar-refractivity contribution < 1.29 is 19.0 Å². The van der Waals surface area contributed by atoms with Crippen molar-refractivity contribution in [1.29, 1.82) is 0 Å². The smallest absolute Gasteiger partial charge is 0.231 e. The van der Waals surface area contributed by atoms with Crippen molar-refractivity contribution in [2.45, 2.75) is 13.5 Å². The second-order valence-corrected chi connectivity index (χ2v) is 8.94. The molecule has 0 bridgehead atoms. The van der Waals surface area contributed by atoms with Crippen LogP contribution in [0.5, 0.6) is 17.2 Å². The average Bonchev–Trinajstić information content (AvgIpc) is 3.32. The van der Waals surface area contributed by atoms with Crippen molar-refractivity contribution in [1.82, 2.24) is 4.57 Å². The minimum atomic E-state index is -0.158. The minimum absolute atomic E-state index is 0.158. The molecule has 0 saturated heterocycles. The summed E-state index contributed by atoms with van der Waals surface area (Å²) in [6.07, 6.45) is 3.75. The molecule has 172 valence electrons. The number of ether oxygens (including phenoxy) is 3. The van der Waals surface area contributed by atoms with E-state index in [2.05, 4.69) is 0 Å². The topological polar surface area (TPSA) is 49.7 Å². The summed E-state index contributed by atoms with van der Waals surface area (Å²) in [5, 5.41) is 1.95. The van der Waals surface area contributed by atoms with Gasteiger partial charge in [0.1, 0.15) is 23.9 Å². The number of halogens is 2. The van der Waals surface area contributed by atoms with Crippen LogP contribution in [-0.4, -0.2) is 17.5 Å². The van der Waals surface area contributed by atoms with E-state index in [1.165, 1.54) is 0 Å². The number of aromatic nitrogens is 1. The van der Waals surface area contributed by atoms with Gasteiger partial charge >= 0.3 is 0 Å². The Labute approximate surface area is 207 Å². The average molecular weight is 494 g/mol. The van der Waals surface area contributed by atoms with Crippen molar-refractivity contribution in [2.24, 2.45) is 7.05 Å². The number of aryl methyl sites for hydroxylation is 1. The van der Waals surface area contributed by atoms with Gasteiger partial charge in [-0.05, 0) is 61.0 Å². The number of Topliss-reactive ketones (excluding diaryl/α,β-unsaturated/α-hetero) is 1. The molecule has 5 rings (SSSR count). The van der Waals surface area contributed by atoms with E-state index in [4.69, 9.17) is 37.4 Å². The highest BCUT2D eigenvalue weighted by Gasteiger charge is 2.30. The number of allylic oxidation sites excluding steroid dienone is 1. The minimum Gasteiger partial charge on any atom is -0.497 e. The van der Waals surface area contributed by atoms with Gasteiger partial charge in [0.05, 0.1) is 22.7 Å². The van der Waals surface area contributed by atoms with Gasteiger partial charge in [-0.3, -0.25) is 4.79 Å². The molecule has 1 aliphatic heterocycles. The van der Waals surface area contributed by atoms with Crippen molar-refractivity contribution >= 4 is 46.0 Å². The Balaban J connectivity index is 1.43. The number of fused-ring (bicyclic) bond motifs is 2. The second kappa shape index (κ2) is 8.75. The maximum Gasteiger partial charge on any atom is 0.231 e. The molecule has 0 aliphatic carbocycles. The largest absolute Gasteiger partial charge is 0.497 e. The van der Waals surface area contributed by atoms with Gasteiger partial charge in [-0.1, -0.05) is 29.3 Å². The van der Waals surface area contributed by atoms with Gasteiger partial charge in [-0.25, -0.2) is 0 Å². The van der Waals surface area contributed by atoms with Gasteiger partial charge in [0, 0.05) is 35.3 Å². The molecule has 0 spiro atoms. The molecular weight excluding hydrogens is 473 g/mol. The lowest BCUT2D eigenvalue weighted by atomic mass is 10.1. The number of hydrogen-bond acceptors (Lipinski definition) is 4. The van der Waals surface area contributed by atoms with Crippen LogP contribution in [0.4, 0.5) is 0 Å². The van der Waals surface area contributed by atoms with Gasteiger partial charge < -0.3 is 18.8 Å². The van der Waals surface area contributed by atoms with E-state index in [0.29, 0.717) is 33.7 Å². The van der Waals surface area contributed by atoms with E-state index < -0.39 is 0 Å². The first kappa shape index (κ1) is 22.4. The fourth-order valence-electron chi connectivity index (χ4n) is 4.10. The van der Waals surface area contributed by atoms with Crippen molar-refractivity contribution in [2.75, 3.05) is 7.11 Å². The molecule has 0 N–H and O–H groups in total. The molecule has 0 fully saturated rings. The molecule has 34 heavy (non-hydrogen) atoms. The third-order valence-corrected chi connectivity index (χ3v) is 6.67. The Morgan fingerprint density at radius 2 is 1.88 bits per heavy atom. The third-order valence-electron chi connectivity index (χ3n) is 5.93. The quantitative estimate of drug-likeness (QED) is 0.281. The number of methoxy groups -OCH3 is 1. The zero-order chi connectivity index (χ0) is 24.0. The Bertz CT molecular complexity index is 1490.